The molecule has 4 bridgehead atoms. The van der Waals surface area contributed by atoms with E-state index in [1.807, 2.05) is 12.1 Å². The molecule has 6 rings (SSSR count). The molecule has 152 valence electrons. The predicted molar refractivity (Wildman–Crippen MR) is 112 cm³/mol. The highest BCUT2D eigenvalue weighted by Crippen LogP contribution is 2.64. The monoisotopic (exact) mass is 447 g/mol. The van der Waals surface area contributed by atoms with Gasteiger partial charge in [0.1, 0.15) is 13.2 Å². The van der Waals surface area contributed by atoms with Crippen LogP contribution in [-0.2, 0) is 4.79 Å². The first-order chi connectivity index (χ1) is 13.4. The van der Waals surface area contributed by atoms with Crippen LogP contribution < -0.4 is 14.8 Å². The van der Waals surface area contributed by atoms with Crippen LogP contribution in [0, 0.1) is 23.2 Å². The Kier molecular flexibility index (Phi) is 4.46. The lowest BCUT2D eigenvalue weighted by molar-refractivity contribution is -0.145. The molecule has 5 aliphatic rings. The molecule has 1 amide bonds. The number of hydrogen-bond donors (Lipinski definition) is 1. The summed E-state index contributed by atoms with van der Waals surface area (Å²) in [6, 6.07) is 6.08. The Hall–Kier alpha value is -1.23. The third-order valence-corrected chi connectivity index (χ3v) is 8.28. The van der Waals surface area contributed by atoms with Crippen LogP contribution in [0.4, 0.5) is 0 Å². The molecule has 1 N–H and O–H groups in total. The summed E-state index contributed by atoms with van der Waals surface area (Å²) in [6.07, 6.45) is 6.93. The first-order valence-corrected chi connectivity index (χ1v) is 11.5. The third-order valence-electron chi connectivity index (χ3n) is 7.35. The van der Waals surface area contributed by atoms with E-state index in [4.69, 9.17) is 9.47 Å². The molecule has 3 unspecified atom stereocenters. The number of halogens is 1. The van der Waals surface area contributed by atoms with Crippen molar-refractivity contribution in [3.05, 3.63) is 23.8 Å². The van der Waals surface area contributed by atoms with Crippen molar-refractivity contribution in [1.82, 2.24) is 5.32 Å². The molecule has 0 radical (unpaired) electrons. The summed E-state index contributed by atoms with van der Waals surface area (Å²) in [4.78, 5) is 13.6. The topological polar surface area (TPSA) is 47.6 Å². The van der Waals surface area contributed by atoms with E-state index in [1.54, 1.807) is 0 Å². The van der Waals surface area contributed by atoms with E-state index in [-0.39, 0.29) is 21.7 Å². The number of ether oxygens (including phenoxy) is 2. The van der Waals surface area contributed by atoms with Gasteiger partial charge in [-0.05, 0) is 74.0 Å². The Morgan fingerprint density at radius 3 is 2.43 bits per heavy atom. The molecular weight excluding hydrogens is 418 g/mol. The number of fused-ring (bicyclic) bond motifs is 1. The van der Waals surface area contributed by atoms with Gasteiger partial charge in [0.25, 0.3) is 0 Å². The quantitative estimate of drug-likeness (QED) is 0.660. The number of carbonyl (C=O) groups excluding carboxylic acids is 1. The van der Waals surface area contributed by atoms with Crippen LogP contribution in [0.2, 0.25) is 0 Å². The fourth-order valence-corrected chi connectivity index (χ4v) is 8.05. The molecule has 0 saturated heterocycles. The highest BCUT2D eigenvalue weighted by atomic mass is 79.9. The predicted octanol–water partition coefficient (Wildman–Crippen LogP) is 5.01. The van der Waals surface area contributed by atoms with E-state index in [9.17, 15) is 4.79 Å². The molecule has 4 nitrogen and oxygen atoms in total. The Labute approximate surface area is 175 Å². The molecule has 1 aromatic rings. The molecule has 1 heterocycles. The van der Waals surface area contributed by atoms with Crippen LogP contribution in [-0.4, -0.2) is 23.4 Å². The van der Waals surface area contributed by atoms with Gasteiger partial charge in [0.2, 0.25) is 5.91 Å². The summed E-state index contributed by atoms with van der Waals surface area (Å²) in [5.74, 6) is 3.57. The second kappa shape index (κ2) is 6.65. The first kappa shape index (κ1) is 18.8. The minimum absolute atomic E-state index is 0.0115. The van der Waals surface area contributed by atoms with Gasteiger partial charge in [-0.3, -0.25) is 4.79 Å². The van der Waals surface area contributed by atoms with Crippen molar-refractivity contribution in [1.29, 1.82) is 0 Å². The van der Waals surface area contributed by atoms with Gasteiger partial charge in [-0.25, -0.2) is 0 Å². The van der Waals surface area contributed by atoms with Gasteiger partial charge in [0, 0.05) is 4.32 Å². The Balaban J connectivity index is 1.39. The van der Waals surface area contributed by atoms with Crippen LogP contribution in [0.25, 0.3) is 0 Å². The van der Waals surface area contributed by atoms with E-state index >= 15 is 0 Å². The SMILES string of the molecule is CC(C)C(NC(=O)C12CC3CC(CC(Br)(C3)C1)C2)c1ccc2c(c1)OCCO2. The van der Waals surface area contributed by atoms with Gasteiger partial charge in [0.05, 0.1) is 11.5 Å². The zero-order valence-electron chi connectivity index (χ0n) is 16.8. The maximum atomic E-state index is 13.6. The normalized spacial score (nSPS) is 36.4. The van der Waals surface area contributed by atoms with Crippen LogP contribution in [0.1, 0.15) is 64.0 Å². The van der Waals surface area contributed by atoms with Crippen molar-refractivity contribution in [2.24, 2.45) is 23.2 Å². The number of rotatable bonds is 4. The lowest BCUT2D eigenvalue weighted by Crippen LogP contribution is -2.58. The van der Waals surface area contributed by atoms with Crippen LogP contribution in [0.3, 0.4) is 0 Å². The number of alkyl halides is 1. The lowest BCUT2D eigenvalue weighted by Gasteiger charge is -2.59. The Morgan fingerprint density at radius 2 is 1.79 bits per heavy atom. The molecule has 1 aromatic carbocycles. The molecule has 4 saturated carbocycles. The van der Waals surface area contributed by atoms with Crippen molar-refractivity contribution in [2.45, 2.75) is 62.7 Å². The van der Waals surface area contributed by atoms with Crippen molar-refractivity contribution in [2.75, 3.05) is 13.2 Å². The second-order valence-corrected chi connectivity index (χ2v) is 11.7. The van der Waals surface area contributed by atoms with Crippen molar-refractivity contribution in [3.63, 3.8) is 0 Å². The molecule has 4 aliphatic carbocycles. The third kappa shape index (κ3) is 3.14. The van der Waals surface area contributed by atoms with Crippen LogP contribution in [0.15, 0.2) is 18.2 Å². The van der Waals surface area contributed by atoms with Crippen LogP contribution >= 0.6 is 15.9 Å². The summed E-state index contributed by atoms with van der Waals surface area (Å²) in [5, 5.41) is 3.46. The summed E-state index contributed by atoms with van der Waals surface area (Å²) in [6.45, 7) is 5.52. The number of nitrogens with one attached hydrogen (secondary N) is 1. The van der Waals surface area contributed by atoms with Gasteiger partial charge < -0.3 is 14.8 Å². The van der Waals surface area contributed by atoms with Crippen molar-refractivity contribution < 1.29 is 14.3 Å². The van der Waals surface area contributed by atoms with E-state index in [0.29, 0.717) is 31.0 Å². The number of carbonyl (C=O) groups is 1. The molecular formula is C23H30BrNO3. The largest absolute Gasteiger partial charge is 0.486 e. The van der Waals surface area contributed by atoms with Crippen molar-refractivity contribution >= 4 is 21.8 Å². The lowest BCUT2D eigenvalue weighted by atomic mass is 9.49. The molecule has 5 heteroatoms. The molecule has 0 spiro atoms. The average Bonchev–Trinajstić information content (AvgIpc) is 2.63. The summed E-state index contributed by atoms with van der Waals surface area (Å²) >= 11 is 4.03. The molecule has 4 fully saturated rings. The standard InChI is InChI=1S/C23H30BrNO3/c1-14(2)20(17-3-4-18-19(8-17)28-6-5-27-18)25-21(26)22-9-15-7-16(10-22)12-23(24,11-15)13-22/h3-4,8,14-16,20H,5-7,9-13H2,1-2H3,(H,25,26). The van der Waals surface area contributed by atoms with Gasteiger partial charge in [-0.1, -0.05) is 35.8 Å². The number of amides is 1. The summed E-state index contributed by atoms with van der Waals surface area (Å²) < 4.78 is 11.6. The highest BCUT2D eigenvalue weighted by molar-refractivity contribution is 9.10. The summed E-state index contributed by atoms with van der Waals surface area (Å²) in [7, 11) is 0. The molecule has 3 atom stereocenters. The number of hydrogen-bond acceptors (Lipinski definition) is 3. The molecule has 0 aromatic heterocycles. The molecule has 1 aliphatic heterocycles. The number of benzene rings is 1. The average molecular weight is 448 g/mol. The van der Waals surface area contributed by atoms with Crippen molar-refractivity contribution in [3.8, 4) is 11.5 Å². The minimum atomic E-state index is -0.186. The first-order valence-electron chi connectivity index (χ1n) is 10.8. The van der Waals surface area contributed by atoms with Crippen LogP contribution in [0.5, 0.6) is 11.5 Å². The minimum Gasteiger partial charge on any atom is -0.486 e. The maximum Gasteiger partial charge on any atom is 0.226 e. The fourth-order valence-electron chi connectivity index (χ4n) is 6.60. The van der Waals surface area contributed by atoms with E-state index in [2.05, 4.69) is 41.2 Å². The second-order valence-electron chi connectivity index (χ2n) is 9.99. The Bertz CT molecular complexity index is 778. The Morgan fingerprint density at radius 1 is 1.11 bits per heavy atom. The maximum absolute atomic E-state index is 13.6. The smallest absolute Gasteiger partial charge is 0.226 e. The molecule has 28 heavy (non-hydrogen) atoms. The zero-order chi connectivity index (χ0) is 19.5. The summed E-state index contributed by atoms with van der Waals surface area (Å²) in [5.41, 5.74) is 0.917. The van der Waals surface area contributed by atoms with Gasteiger partial charge in [-0.2, -0.15) is 0 Å². The van der Waals surface area contributed by atoms with Gasteiger partial charge in [-0.15, -0.1) is 0 Å². The zero-order valence-corrected chi connectivity index (χ0v) is 18.4. The van der Waals surface area contributed by atoms with E-state index in [1.165, 1.54) is 19.3 Å². The van der Waals surface area contributed by atoms with Gasteiger partial charge >= 0.3 is 0 Å². The van der Waals surface area contributed by atoms with Gasteiger partial charge in [0.15, 0.2) is 11.5 Å². The van der Waals surface area contributed by atoms with E-state index < -0.39 is 0 Å². The van der Waals surface area contributed by atoms with E-state index in [0.717, 1.165) is 36.3 Å². The fraction of sp³-hybridized carbons (Fsp3) is 0.696. The highest BCUT2D eigenvalue weighted by Gasteiger charge is 2.59.